The summed E-state index contributed by atoms with van der Waals surface area (Å²) >= 11 is 0.463. The summed E-state index contributed by atoms with van der Waals surface area (Å²) in [5.41, 5.74) is 2.35. The Labute approximate surface area is 47.0 Å². The summed E-state index contributed by atoms with van der Waals surface area (Å²) in [4.78, 5) is 0. The van der Waals surface area contributed by atoms with Gasteiger partial charge in [0.1, 0.15) is 0 Å². The van der Waals surface area contributed by atoms with Crippen LogP contribution in [0.1, 0.15) is 13.8 Å². The van der Waals surface area contributed by atoms with Crippen LogP contribution in [0.15, 0.2) is 0 Å². The van der Waals surface area contributed by atoms with E-state index in [1.807, 2.05) is 0 Å². The molecule has 0 fully saturated rings. The Hall–Kier alpha value is 0.558. The molecular weight excluding hydrogens is 135 g/mol. The van der Waals surface area contributed by atoms with Gasteiger partial charge < -0.3 is 0 Å². The molecule has 0 aromatic rings. The summed E-state index contributed by atoms with van der Waals surface area (Å²) in [6, 6.07) is 0. The first-order valence-corrected chi connectivity index (χ1v) is 6.00. The summed E-state index contributed by atoms with van der Waals surface area (Å²) < 4.78 is 0. The molecule has 0 aromatic heterocycles. The summed E-state index contributed by atoms with van der Waals surface area (Å²) in [5, 5.41) is 1.50. The average molecular weight is 148 g/mol. The Balaban J connectivity index is 2.63. The SMILES string of the molecule is C[AsH]CC(C)C. The maximum absolute atomic E-state index is 2.35. The number of hydrogen-bond donors (Lipinski definition) is 0. The van der Waals surface area contributed by atoms with Gasteiger partial charge in [-0.25, -0.2) is 0 Å². The fraction of sp³-hybridized carbons (Fsp3) is 1.00. The van der Waals surface area contributed by atoms with Crippen LogP contribution in [0.25, 0.3) is 0 Å². The van der Waals surface area contributed by atoms with Crippen LogP contribution in [0, 0.1) is 5.92 Å². The van der Waals surface area contributed by atoms with E-state index in [2.05, 4.69) is 19.6 Å². The molecule has 0 bridgehead atoms. The van der Waals surface area contributed by atoms with E-state index in [4.69, 9.17) is 0 Å². The summed E-state index contributed by atoms with van der Waals surface area (Å²) in [6.07, 6.45) is 0. The zero-order valence-electron chi connectivity index (χ0n) is 4.78. The summed E-state index contributed by atoms with van der Waals surface area (Å²) in [5.74, 6) is 0.954. The zero-order chi connectivity index (χ0) is 4.99. The van der Waals surface area contributed by atoms with Gasteiger partial charge in [0.2, 0.25) is 0 Å². The van der Waals surface area contributed by atoms with E-state index in [-0.39, 0.29) is 0 Å². The Kier molecular flexibility index (Phi) is 4.09. The molecule has 0 saturated carbocycles. The Morgan fingerprint density at radius 1 is 1.50 bits per heavy atom. The normalized spacial score (nSPS) is 12.0. The van der Waals surface area contributed by atoms with E-state index in [1.54, 1.807) is 0 Å². The Morgan fingerprint density at radius 2 is 2.00 bits per heavy atom. The van der Waals surface area contributed by atoms with Crippen molar-refractivity contribution in [2.75, 3.05) is 0 Å². The van der Waals surface area contributed by atoms with Crippen molar-refractivity contribution >= 4 is 15.8 Å². The second-order valence-electron chi connectivity index (χ2n) is 1.95. The van der Waals surface area contributed by atoms with Crippen molar-refractivity contribution < 1.29 is 0 Å². The quantitative estimate of drug-likeness (QED) is 0.521. The molecule has 0 aromatic carbocycles. The molecule has 1 unspecified atom stereocenters. The van der Waals surface area contributed by atoms with Gasteiger partial charge in [0.25, 0.3) is 0 Å². The summed E-state index contributed by atoms with van der Waals surface area (Å²) in [7, 11) is 0. The van der Waals surface area contributed by atoms with Gasteiger partial charge in [0.15, 0.2) is 0 Å². The molecule has 0 N–H and O–H groups in total. The second-order valence-corrected chi connectivity index (χ2v) is 4.29. The van der Waals surface area contributed by atoms with Crippen molar-refractivity contribution in [3.8, 4) is 0 Å². The van der Waals surface area contributed by atoms with Crippen LogP contribution >= 0.6 is 0 Å². The van der Waals surface area contributed by atoms with Gasteiger partial charge in [-0.15, -0.1) is 0 Å². The fourth-order valence-electron chi connectivity index (χ4n) is 0.408. The van der Waals surface area contributed by atoms with Gasteiger partial charge in [-0.2, -0.15) is 0 Å². The van der Waals surface area contributed by atoms with E-state index >= 15 is 0 Å². The van der Waals surface area contributed by atoms with E-state index in [0.29, 0.717) is 15.8 Å². The molecule has 0 saturated heterocycles. The first-order valence-electron chi connectivity index (χ1n) is 2.42. The van der Waals surface area contributed by atoms with Crippen LogP contribution in [0.4, 0.5) is 0 Å². The molecule has 0 radical (unpaired) electrons. The predicted octanol–water partition coefficient (Wildman–Crippen LogP) is 1.55. The van der Waals surface area contributed by atoms with Crippen molar-refractivity contribution in [1.82, 2.24) is 0 Å². The number of hydrogen-bond acceptors (Lipinski definition) is 0. The van der Waals surface area contributed by atoms with E-state index in [1.165, 1.54) is 5.21 Å². The van der Waals surface area contributed by atoms with Gasteiger partial charge >= 0.3 is 46.4 Å². The molecule has 1 heteroatoms. The van der Waals surface area contributed by atoms with Gasteiger partial charge in [-0.05, 0) is 0 Å². The van der Waals surface area contributed by atoms with Crippen molar-refractivity contribution in [3.05, 3.63) is 0 Å². The van der Waals surface area contributed by atoms with E-state index in [0.717, 1.165) is 5.92 Å². The van der Waals surface area contributed by atoms with Crippen molar-refractivity contribution in [3.63, 3.8) is 0 Å². The third-order valence-corrected chi connectivity index (χ3v) is 3.18. The monoisotopic (exact) mass is 148 g/mol. The van der Waals surface area contributed by atoms with Crippen LogP contribution in [-0.2, 0) is 0 Å². The molecule has 0 aliphatic heterocycles. The molecule has 0 amide bonds. The molecule has 0 rings (SSSR count). The predicted molar refractivity (Wildman–Crippen MR) is 32.7 cm³/mol. The maximum atomic E-state index is 2.35. The first-order chi connectivity index (χ1) is 2.77. The Bertz CT molecular complexity index is 25.1. The fourth-order valence-corrected chi connectivity index (χ4v) is 2.12. The van der Waals surface area contributed by atoms with Gasteiger partial charge in [0, 0.05) is 0 Å². The molecule has 0 heterocycles. The van der Waals surface area contributed by atoms with Crippen LogP contribution in [0.5, 0.6) is 0 Å². The summed E-state index contributed by atoms with van der Waals surface area (Å²) in [6.45, 7) is 4.57. The van der Waals surface area contributed by atoms with Crippen LogP contribution in [-0.4, -0.2) is 15.8 Å². The second kappa shape index (κ2) is 3.74. The first kappa shape index (κ1) is 6.56. The van der Waals surface area contributed by atoms with Gasteiger partial charge in [0.05, 0.1) is 0 Å². The Morgan fingerprint density at radius 3 is 2.00 bits per heavy atom. The molecule has 0 nitrogen and oxygen atoms in total. The molecule has 38 valence electrons. The minimum absolute atomic E-state index is 0.463. The van der Waals surface area contributed by atoms with Crippen LogP contribution in [0.2, 0.25) is 10.9 Å². The van der Waals surface area contributed by atoms with Crippen molar-refractivity contribution in [2.24, 2.45) is 5.92 Å². The third-order valence-electron chi connectivity index (χ3n) is 0.612. The molecule has 0 spiro atoms. The van der Waals surface area contributed by atoms with E-state index < -0.39 is 0 Å². The molecule has 1 atom stereocenters. The molecular formula is C5H13As. The van der Waals surface area contributed by atoms with Gasteiger partial charge in [-0.1, -0.05) is 0 Å². The average Bonchev–Trinajstić information content (AvgIpc) is 1.35. The molecule has 6 heavy (non-hydrogen) atoms. The van der Waals surface area contributed by atoms with Gasteiger partial charge in [-0.3, -0.25) is 0 Å². The minimum atomic E-state index is 0.463. The zero-order valence-corrected chi connectivity index (χ0v) is 6.88. The standard InChI is InChI=1S/C5H13As/c1-5(2)4-6-3/h5-6H,4H2,1-3H3. The van der Waals surface area contributed by atoms with E-state index in [9.17, 15) is 0 Å². The third kappa shape index (κ3) is 4.56. The molecule has 0 aliphatic rings. The number of rotatable bonds is 2. The van der Waals surface area contributed by atoms with Crippen LogP contribution < -0.4 is 0 Å². The molecule has 0 aliphatic carbocycles. The van der Waals surface area contributed by atoms with Crippen LogP contribution in [0.3, 0.4) is 0 Å². The van der Waals surface area contributed by atoms with Crippen molar-refractivity contribution in [1.29, 1.82) is 0 Å². The van der Waals surface area contributed by atoms with Crippen molar-refractivity contribution in [2.45, 2.75) is 24.8 Å². The topological polar surface area (TPSA) is 0 Å².